The molecule has 0 radical (unpaired) electrons. The summed E-state index contributed by atoms with van der Waals surface area (Å²) in [6, 6.07) is 7.99. The molecule has 0 spiro atoms. The zero-order chi connectivity index (χ0) is 18.5. The molecule has 0 saturated carbocycles. The van der Waals surface area contributed by atoms with Crippen LogP contribution in [0.1, 0.15) is 40.2 Å². The molecule has 3 N–H and O–H groups in total. The van der Waals surface area contributed by atoms with E-state index in [2.05, 4.69) is 10.6 Å². The van der Waals surface area contributed by atoms with Crippen LogP contribution in [0.5, 0.6) is 0 Å². The summed E-state index contributed by atoms with van der Waals surface area (Å²) in [6.45, 7) is 8.32. The molecule has 0 aliphatic carbocycles. The van der Waals surface area contributed by atoms with Crippen LogP contribution in [0, 0.1) is 5.41 Å². The van der Waals surface area contributed by atoms with Gasteiger partial charge in [-0.2, -0.15) is 0 Å². The molecule has 1 aromatic rings. The lowest BCUT2D eigenvalue weighted by Gasteiger charge is -2.27. The van der Waals surface area contributed by atoms with Crippen LogP contribution in [-0.4, -0.2) is 35.5 Å². The van der Waals surface area contributed by atoms with Crippen LogP contribution in [0.3, 0.4) is 0 Å². The monoisotopic (exact) mass is 334 g/mol. The standard InChI is InChI=1S/C18H26N2O4/c1-12(20-15(22)17(2,3)4)14(21)19-11-18(5,16(23)24)13-9-7-6-8-10-13/h6-10,12H,11H2,1-5H3,(H,19,21)(H,20,22)(H,23,24). The Morgan fingerprint density at radius 1 is 1.08 bits per heavy atom. The molecule has 1 aromatic carbocycles. The van der Waals surface area contributed by atoms with Gasteiger partial charge < -0.3 is 15.7 Å². The van der Waals surface area contributed by atoms with Gasteiger partial charge in [-0.15, -0.1) is 0 Å². The average Bonchev–Trinajstić information content (AvgIpc) is 2.51. The van der Waals surface area contributed by atoms with Crippen molar-refractivity contribution in [2.24, 2.45) is 5.41 Å². The third-order valence-corrected chi connectivity index (χ3v) is 3.92. The highest BCUT2D eigenvalue weighted by atomic mass is 16.4. The minimum absolute atomic E-state index is 0.0685. The molecule has 6 heteroatoms. The fourth-order valence-electron chi connectivity index (χ4n) is 2.00. The zero-order valence-electron chi connectivity index (χ0n) is 14.8. The molecule has 0 saturated heterocycles. The largest absolute Gasteiger partial charge is 0.481 e. The van der Waals surface area contributed by atoms with Crippen molar-refractivity contribution in [3.8, 4) is 0 Å². The van der Waals surface area contributed by atoms with E-state index in [4.69, 9.17) is 0 Å². The van der Waals surface area contributed by atoms with Crippen LogP contribution in [0.15, 0.2) is 30.3 Å². The third-order valence-electron chi connectivity index (χ3n) is 3.92. The average molecular weight is 334 g/mol. The van der Waals surface area contributed by atoms with Gasteiger partial charge in [0.1, 0.15) is 11.5 Å². The Morgan fingerprint density at radius 2 is 1.62 bits per heavy atom. The number of carboxylic acid groups (broad SMARTS) is 1. The quantitative estimate of drug-likeness (QED) is 0.738. The second-order valence-corrected chi connectivity index (χ2v) is 7.17. The number of rotatable bonds is 6. The highest BCUT2D eigenvalue weighted by molar-refractivity contribution is 5.90. The van der Waals surface area contributed by atoms with E-state index in [9.17, 15) is 19.5 Å². The Labute approximate surface area is 142 Å². The highest BCUT2D eigenvalue weighted by Gasteiger charge is 2.36. The molecule has 6 nitrogen and oxygen atoms in total. The van der Waals surface area contributed by atoms with E-state index >= 15 is 0 Å². The van der Waals surface area contributed by atoms with Crippen molar-refractivity contribution in [3.63, 3.8) is 0 Å². The molecule has 2 unspecified atom stereocenters. The van der Waals surface area contributed by atoms with Crippen molar-refractivity contribution in [3.05, 3.63) is 35.9 Å². The van der Waals surface area contributed by atoms with E-state index < -0.39 is 28.7 Å². The molecule has 2 amide bonds. The lowest BCUT2D eigenvalue weighted by molar-refractivity contribution is -0.143. The number of carboxylic acids is 1. The molecule has 2 atom stereocenters. The lowest BCUT2D eigenvalue weighted by Crippen LogP contribution is -2.52. The van der Waals surface area contributed by atoms with E-state index in [1.165, 1.54) is 0 Å². The fraction of sp³-hybridized carbons (Fsp3) is 0.500. The van der Waals surface area contributed by atoms with Gasteiger partial charge in [0.15, 0.2) is 0 Å². The molecule has 0 aliphatic heterocycles. The van der Waals surface area contributed by atoms with Crippen molar-refractivity contribution in [1.82, 2.24) is 10.6 Å². The fourth-order valence-corrected chi connectivity index (χ4v) is 2.00. The summed E-state index contributed by atoms with van der Waals surface area (Å²) in [7, 11) is 0. The predicted molar refractivity (Wildman–Crippen MR) is 91.5 cm³/mol. The number of aliphatic carboxylic acids is 1. The molecule has 1 rings (SSSR count). The minimum atomic E-state index is -1.25. The van der Waals surface area contributed by atoms with Gasteiger partial charge in [-0.1, -0.05) is 51.1 Å². The molecular weight excluding hydrogens is 308 g/mol. The third kappa shape index (κ3) is 4.81. The summed E-state index contributed by atoms with van der Waals surface area (Å²) in [6.07, 6.45) is 0. The first-order valence-electron chi connectivity index (χ1n) is 7.86. The van der Waals surface area contributed by atoms with E-state index in [0.29, 0.717) is 5.56 Å². The number of carbonyl (C=O) groups excluding carboxylic acids is 2. The summed E-state index contributed by atoms with van der Waals surface area (Å²) >= 11 is 0. The van der Waals surface area contributed by atoms with Crippen molar-refractivity contribution in [2.45, 2.75) is 46.1 Å². The number of hydrogen-bond donors (Lipinski definition) is 3. The van der Waals surface area contributed by atoms with Gasteiger partial charge in [0.2, 0.25) is 11.8 Å². The van der Waals surface area contributed by atoms with Gasteiger partial charge in [0, 0.05) is 12.0 Å². The summed E-state index contributed by atoms with van der Waals surface area (Å²) in [4.78, 5) is 35.8. The summed E-state index contributed by atoms with van der Waals surface area (Å²) in [5.74, 6) is -1.69. The Kier molecular flexibility index (Phi) is 6.12. The minimum Gasteiger partial charge on any atom is -0.481 e. The zero-order valence-corrected chi connectivity index (χ0v) is 14.8. The Morgan fingerprint density at radius 3 is 2.08 bits per heavy atom. The Hall–Kier alpha value is -2.37. The summed E-state index contributed by atoms with van der Waals surface area (Å²) in [5, 5.41) is 14.8. The van der Waals surface area contributed by atoms with Crippen molar-refractivity contribution >= 4 is 17.8 Å². The van der Waals surface area contributed by atoms with Gasteiger partial charge >= 0.3 is 5.97 Å². The number of benzene rings is 1. The second-order valence-electron chi connectivity index (χ2n) is 7.17. The number of nitrogens with one attached hydrogen (secondary N) is 2. The topological polar surface area (TPSA) is 95.5 Å². The number of hydrogen-bond acceptors (Lipinski definition) is 3. The Bertz CT molecular complexity index is 607. The maximum absolute atomic E-state index is 12.2. The van der Waals surface area contributed by atoms with E-state index in [0.717, 1.165) is 0 Å². The van der Waals surface area contributed by atoms with Gasteiger partial charge in [-0.25, -0.2) is 0 Å². The van der Waals surface area contributed by atoms with Gasteiger partial charge in [-0.05, 0) is 19.4 Å². The van der Waals surface area contributed by atoms with E-state index in [1.807, 2.05) is 0 Å². The van der Waals surface area contributed by atoms with Crippen molar-refractivity contribution in [2.75, 3.05) is 6.54 Å². The first-order valence-corrected chi connectivity index (χ1v) is 7.86. The van der Waals surface area contributed by atoms with Crippen LogP contribution in [0.4, 0.5) is 0 Å². The van der Waals surface area contributed by atoms with Crippen molar-refractivity contribution < 1.29 is 19.5 Å². The first kappa shape index (κ1) is 19.7. The van der Waals surface area contributed by atoms with Gasteiger partial charge in [-0.3, -0.25) is 14.4 Å². The van der Waals surface area contributed by atoms with Crippen LogP contribution >= 0.6 is 0 Å². The van der Waals surface area contributed by atoms with Gasteiger partial charge in [0.25, 0.3) is 0 Å². The molecule has 0 aliphatic rings. The smallest absolute Gasteiger partial charge is 0.315 e. The molecule has 0 fully saturated rings. The highest BCUT2D eigenvalue weighted by Crippen LogP contribution is 2.23. The van der Waals surface area contributed by atoms with Gasteiger partial charge in [0.05, 0.1) is 0 Å². The SMILES string of the molecule is CC(NC(=O)C(C)(C)C)C(=O)NCC(C)(C(=O)O)c1ccccc1. The maximum Gasteiger partial charge on any atom is 0.315 e. The van der Waals surface area contributed by atoms with Crippen LogP contribution in [0.25, 0.3) is 0 Å². The summed E-state index contributed by atoms with van der Waals surface area (Å²) in [5.41, 5.74) is -1.25. The number of amides is 2. The lowest BCUT2D eigenvalue weighted by atomic mass is 9.82. The second kappa shape index (κ2) is 7.47. The van der Waals surface area contributed by atoms with Crippen LogP contribution < -0.4 is 10.6 Å². The van der Waals surface area contributed by atoms with E-state index in [-0.39, 0.29) is 12.5 Å². The first-order chi connectivity index (χ1) is 11.0. The Balaban J connectivity index is 2.76. The number of carbonyl (C=O) groups is 3. The van der Waals surface area contributed by atoms with Crippen molar-refractivity contribution in [1.29, 1.82) is 0 Å². The molecule has 0 aromatic heterocycles. The summed E-state index contributed by atoms with van der Waals surface area (Å²) < 4.78 is 0. The van der Waals surface area contributed by atoms with E-state index in [1.54, 1.807) is 65.0 Å². The van der Waals surface area contributed by atoms with Crippen LogP contribution in [0.2, 0.25) is 0 Å². The molecule has 132 valence electrons. The predicted octanol–water partition coefficient (Wildman–Crippen LogP) is 1.70. The molecular formula is C18H26N2O4. The van der Waals surface area contributed by atoms with Crippen LogP contribution in [-0.2, 0) is 19.8 Å². The maximum atomic E-state index is 12.2. The molecule has 0 heterocycles. The normalized spacial score (nSPS) is 15.0. The molecule has 24 heavy (non-hydrogen) atoms. The molecule has 0 bridgehead atoms.